The molecule has 1 atom stereocenters. The van der Waals surface area contributed by atoms with Crippen molar-refractivity contribution in [3.63, 3.8) is 0 Å². The monoisotopic (exact) mass is 274 g/mol. The maximum Gasteiger partial charge on any atom is 0.337 e. The number of anilines is 2. The van der Waals surface area contributed by atoms with Crippen molar-refractivity contribution in [3.8, 4) is 0 Å². The zero-order valence-electron chi connectivity index (χ0n) is 10.9. The van der Waals surface area contributed by atoms with Crippen LogP contribution in [-0.4, -0.2) is 11.1 Å². The molecule has 0 saturated heterocycles. The lowest BCUT2D eigenvalue weighted by Gasteiger charge is -2.17. The number of rotatable bonds is 4. The van der Waals surface area contributed by atoms with Gasteiger partial charge >= 0.3 is 5.97 Å². The zero-order valence-corrected chi connectivity index (χ0v) is 10.9. The Morgan fingerprint density at radius 3 is 2.50 bits per heavy atom. The molecule has 4 N–H and O–H groups in total. The van der Waals surface area contributed by atoms with Gasteiger partial charge in [0.05, 0.1) is 11.3 Å². The predicted molar refractivity (Wildman–Crippen MR) is 76.3 cm³/mol. The smallest absolute Gasteiger partial charge is 0.337 e. The molecule has 0 heterocycles. The Morgan fingerprint density at radius 2 is 1.90 bits per heavy atom. The number of carbonyl (C=O) groups is 1. The van der Waals surface area contributed by atoms with Crippen molar-refractivity contribution in [2.24, 2.45) is 0 Å². The second kappa shape index (κ2) is 5.61. The number of benzene rings is 2. The fourth-order valence-corrected chi connectivity index (χ4v) is 1.94. The van der Waals surface area contributed by atoms with Crippen LogP contribution in [0.1, 0.15) is 28.9 Å². The zero-order chi connectivity index (χ0) is 14.7. The number of carboxylic acids is 1. The molecule has 0 aliphatic rings. The maximum absolute atomic E-state index is 12.9. The minimum absolute atomic E-state index is 0.146. The van der Waals surface area contributed by atoms with Crippen LogP contribution in [-0.2, 0) is 0 Å². The lowest BCUT2D eigenvalue weighted by molar-refractivity contribution is 0.0698. The molecule has 0 amide bonds. The highest BCUT2D eigenvalue weighted by Gasteiger charge is 2.13. The van der Waals surface area contributed by atoms with Gasteiger partial charge in [0, 0.05) is 11.7 Å². The van der Waals surface area contributed by atoms with Gasteiger partial charge in [-0.1, -0.05) is 12.1 Å². The van der Waals surface area contributed by atoms with Crippen LogP contribution < -0.4 is 11.1 Å². The van der Waals surface area contributed by atoms with Crippen LogP contribution >= 0.6 is 0 Å². The second-order valence-corrected chi connectivity index (χ2v) is 4.53. The van der Waals surface area contributed by atoms with Crippen LogP contribution in [0.25, 0.3) is 0 Å². The highest BCUT2D eigenvalue weighted by atomic mass is 19.1. The first kappa shape index (κ1) is 13.9. The first-order valence-electron chi connectivity index (χ1n) is 6.12. The molecule has 2 aromatic carbocycles. The lowest BCUT2D eigenvalue weighted by Crippen LogP contribution is -2.11. The van der Waals surface area contributed by atoms with Gasteiger partial charge in [-0.2, -0.15) is 0 Å². The van der Waals surface area contributed by atoms with Crippen molar-refractivity contribution < 1.29 is 14.3 Å². The third-order valence-corrected chi connectivity index (χ3v) is 3.02. The molecule has 20 heavy (non-hydrogen) atoms. The van der Waals surface area contributed by atoms with Crippen LogP contribution in [0, 0.1) is 5.82 Å². The largest absolute Gasteiger partial charge is 0.478 e. The third-order valence-electron chi connectivity index (χ3n) is 3.02. The molecule has 0 saturated carbocycles. The Labute approximate surface area is 116 Å². The van der Waals surface area contributed by atoms with Gasteiger partial charge in [0.2, 0.25) is 0 Å². The Morgan fingerprint density at radius 1 is 1.25 bits per heavy atom. The summed E-state index contributed by atoms with van der Waals surface area (Å²) in [5, 5.41) is 12.2. The Kier molecular flexibility index (Phi) is 3.89. The van der Waals surface area contributed by atoms with E-state index in [1.54, 1.807) is 18.2 Å². The molecule has 0 fully saturated rings. The number of hydrogen-bond acceptors (Lipinski definition) is 3. The molecule has 0 radical (unpaired) electrons. The van der Waals surface area contributed by atoms with Gasteiger partial charge in [-0.3, -0.25) is 0 Å². The van der Waals surface area contributed by atoms with Crippen LogP contribution in [0.4, 0.5) is 15.8 Å². The van der Waals surface area contributed by atoms with Gasteiger partial charge in [-0.15, -0.1) is 0 Å². The van der Waals surface area contributed by atoms with Crippen molar-refractivity contribution in [2.75, 3.05) is 11.1 Å². The summed E-state index contributed by atoms with van der Waals surface area (Å²) in [6.45, 7) is 1.86. The van der Waals surface area contributed by atoms with Crippen LogP contribution in [0.3, 0.4) is 0 Å². The molecule has 5 heteroatoms. The van der Waals surface area contributed by atoms with Gasteiger partial charge < -0.3 is 16.2 Å². The number of halogens is 1. The molecule has 2 aromatic rings. The SMILES string of the molecule is CC(Nc1cc(N)ccc1C(=O)O)c1ccc(F)cc1. The number of carboxylic acid groups (broad SMARTS) is 1. The summed E-state index contributed by atoms with van der Waals surface area (Å²) in [6.07, 6.45) is 0. The van der Waals surface area contributed by atoms with Crippen LogP contribution in [0.5, 0.6) is 0 Å². The van der Waals surface area contributed by atoms with E-state index in [1.807, 2.05) is 6.92 Å². The number of hydrogen-bond donors (Lipinski definition) is 3. The minimum Gasteiger partial charge on any atom is -0.478 e. The van der Waals surface area contributed by atoms with Crippen molar-refractivity contribution in [1.29, 1.82) is 0 Å². The van der Waals surface area contributed by atoms with Gasteiger partial charge in [0.25, 0.3) is 0 Å². The van der Waals surface area contributed by atoms with E-state index in [9.17, 15) is 9.18 Å². The third kappa shape index (κ3) is 3.06. The van der Waals surface area contributed by atoms with Crippen molar-refractivity contribution in [2.45, 2.75) is 13.0 Å². The Bertz CT molecular complexity index is 626. The molecule has 0 aromatic heterocycles. The topological polar surface area (TPSA) is 75.3 Å². The quantitative estimate of drug-likeness (QED) is 0.748. The van der Waals surface area contributed by atoms with E-state index in [-0.39, 0.29) is 17.4 Å². The normalized spacial score (nSPS) is 11.9. The average Bonchev–Trinajstić information content (AvgIpc) is 2.39. The van der Waals surface area contributed by atoms with E-state index in [4.69, 9.17) is 10.8 Å². The molecular weight excluding hydrogens is 259 g/mol. The van der Waals surface area contributed by atoms with Gasteiger partial charge in [-0.05, 0) is 42.8 Å². The highest BCUT2D eigenvalue weighted by Crippen LogP contribution is 2.25. The highest BCUT2D eigenvalue weighted by molar-refractivity contribution is 5.95. The fourth-order valence-electron chi connectivity index (χ4n) is 1.94. The second-order valence-electron chi connectivity index (χ2n) is 4.53. The molecule has 4 nitrogen and oxygen atoms in total. The number of nitrogens with one attached hydrogen (secondary N) is 1. The summed E-state index contributed by atoms with van der Waals surface area (Å²) in [5.41, 5.74) is 7.59. The Balaban J connectivity index is 2.27. The first-order chi connectivity index (χ1) is 9.47. The van der Waals surface area contributed by atoms with E-state index in [0.29, 0.717) is 11.4 Å². The number of aromatic carboxylic acids is 1. The molecule has 0 bridgehead atoms. The molecular formula is C15H15FN2O2. The minimum atomic E-state index is -1.03. The lowest BCUT2D eigenvalue weighted by atomic mass is 10.1. The Hall–Kier alpha value is -2.56. The fraction of sp³-hybridized carbons (Fsp3) is 0.133. The van der Waals surface area contributed by atoms with Gasteiger partial charge in [-0.25, -0.2) is 9.18 Å². The number of nitrogen functional groups attached to an aromatic ring is 1. The molecule has 104 valence electrons. The summed E-state index contributed by atoms with van der Waals surface area (Å²) >= 11 is 0. The van der Waals surface area contributed by atoms with Crippen molar-refractivity contribution in [1.82, 2.24) is 0 Å². The van der Waals surface area contributed by atoms with E-state index < -0.39 is 5.97 Å². The van der Waals surface area contributed by atoms with E-state index in [2.05, 4.69) is 5.32 Å². The summed E-state index contributed by atoms with van der Waals surface area (Å²) in [4.78, 5) is 11.2. The van der Waals surface area contributed by atoms with Crippen molar-refractivity contribution in [3.05, 3.63) is 59.4 Å². The van der Waals surface area contributed by atoms with Gasteiger partial charge in [0.1, 0.15) is 5.82 Å². The molecule has 0 aliphatic carbocycles. The average molecular weight is 274 g/mol. The first-order valence-corrected chi connectivity index (χ1v) is 6.12. The predicted octanol–water partition coefficient (Wildman–Crippen LogP) is 3.28. The van der Waals surface area contributed by atoms with E-state index in [0.717, 1.165) is 5.56 Å². The summed E-state index contributed by atoms with van der Waals surface area (Å²) in [7, 11) is 0. The standard InChI is InChI=1S/C15H15FN2O2/c1-9(10-2-4-11(16)5-3-10)18-14-8-12(17)6-7-13(14)15(19)20/h2-9,18H,17H2,1H3,(H,19,20). The molecule has 0 spiro atoms. The molecule has 2 rings (SSSR count). The number of nitrogens with two attached hydrogens (primary N) is 1. The van der Waals surface area contributed by atoms with E-state index in [1.165, 1.54) is 24.3 Å². The van der Waals surface area contributed by atoms with Crippen LogP contribution in [0.15, 0.2) is 42.5 Å². The maximum atomic E-state index is 12.9. The van der Waals surface area contributed by atoms with E-state index >= 15 is 0 Å². The summed E-state index contributed by atoms with van der Waals surface area (Å²) in [5.74, 6) is -1.34. The summed E-state index contributed by atoms with van der Waals surface area (Å²) in [6, 6.07) is 10.4. The molecule has 1 unspecified atom stereocenters. The summed E-state index contributed by atoms with van der Waals surface area (Å²) < 4.78 is 12.9. The molecule has 0 aliphatic heterocycles. The van der Waals surface area contributed by atoms with Crippen LogP contribution in [0.2, 0.25) is 0 Å². The van der Waals surface area contributed by atoms with Gasteiger partial charge in [0.15, 0.2) is 0 Å². The van der Waals surface area contributed by atoms with Crippen molar-refractivity contribution >= 4 is 17.3 Å².